The third kappa shape index (κ3) is 5.28. The van der Waals surface area contributed by atoms with Crippen LogP contribution in [0.3, 0.4) is 0 Å². The Kier molecular flexibility index (Phi) is 6.07. The molecule has 0 fully saturated rings. The summed E-state index contributed by atoms with van der Waals surface area (Å²) in [6.07, 6.45) is 2.04. The summed E-state index contributed by atoms with van der Waals surface area (Å²) in [5.74, 6) is -1.21. The summed E-state index contributed by atoms with van der Waals surface area (Å²) in [7, 11) is 0. The predicted octanol–water partition coefficient (Wildman–Crippen LogP) is 3.31. The lowest BCUT2D eigenvalue weighted by atomic mass is 9.83. The fraction of sp³-hybridized carbons (Fsp3) is 0.273. The highest BCUT2D eigenvalue weighted by atomic mass is 16.4. The van der Waals surface area contributed by atoms with Crippen molar-refractivity contribution in [1.82, 2.24) is 20.5 Å². The Balaban J connectivity index is 1.76. The molecule has 0 saturated carbocycles. The standard InChI is InChI=1S/C22H24N4O3/c1-22(2,21(28)29)13-18(25-20(27)19-23-14-24-26-19)12-15-8-10-17(11-9-15)16-6-4-3-5-7-16/h3-11,14,18H,12-13H2,1-2H3,(H,25,27)(H,28,29)(H,23,24,26)/t18-/m1/s1. The smallest absolute Gasteiger partial charge is 0.309 e. The van der Waals surface area contributed by atoms with Crippen molar-refractivity contribution in [3.63, 3.8) is 0 Å². The SMILES string of the molecule is CC(C)(C[C@@H](Cc1ccc(-c2ccccc2)cc1)NC(=O)c1ncn[nH]1)C(=O)O. The van der Waals surface area contributed by atoms with Crippen molar-refractivity contribution in [2.45, 2.75) is 32.7 Å². The van der Waals surface area contributed by atoms with Gasteiger partial charge >= 0.3 is 5.97 Å². The van der Waals surface area contributed by atoms with Crippen LogP contribution in [-0.4, -0.2) is 38.2 Å². The number of carbonyl (C=O) groups excluding carboxylic acids is 1. The van der Waals surface area contributed by atoms with E-state index in [1.807, 2.05) is 54.6 Å². The van der Waals surface area contributed by atoms with Crippen molar-refractivity contribution in [2.24, 2.45) is 5.41 Å². The summed E-state index contributed by atoms with van der Waals surface area (Å²) in [6, 6.07) is 17.7. The molecular formula is C22H24N4O3. The maximum absolute atomic E-state index is 12.4. The first kappa shape index (κ1) is 20.3. The fourth-order valence-electron chi connectivity index (χ4n) is 3.19. The number of carboxylic acids is 1. The Morgan fingerprint density at radius 2 is 1.72 bits per heavy atom. The highest BCUT2D eigenvalue weighted by Crippen LogP contribution is 2.25. The summed E-state index contributed by atoms with van der Waals surface area (Å²) < 4.78 is 0. The van der Waals surface area contributed by atoms with Gasteiger partial charge in [0.1, 0.15) is 6.33 Å². The van der Waals surface area contributed by atoms with E-state index >= 15 is 0 Å². The molecule has 1 atom stereocenters. The average molecular weight is 392 g/mol. The highest BCUT2D eigenvalue weighted by molar-refractivity contribution is 5.90. The van der Waals surface area contributed by atoms with E-state index in [1.54, 1.807) is 13.8 Å². The number of H-pyrrole nitrogens is 1. The van der Waals surface area contributed by atoms with Crippen LogP contribution in [0.15, 0.2) is 60.9 Å². The molecule has 1 amide bonds. The van der Waals surface area contributed by atoms with Crippen LogP contribution in [0, 0.1) is 5.41 Å². The molecule has 3 rings (SSSR count). The van der Waals surface area contributed by atoms with Gasteiger partial charge in [0, 0.05) is 6.04 Å². The monoisotopic (exact) mass is 392 g/mol. The van der Waals surface area contributed by atoms with E-state index in [1.165, 1.54) is 6.33 Å². The minimum Gasteiger partial charge on any atom is -0.481 e. The first-order valence-electron chi connectivity index (χ1n) is 9.39. The maximum Gasteiger partial charge on any atom is 0.309 e. The molecule has 1 aromatic heterocycles. The molecule has 0 spiro atoms. The number of aromatic amines is 1. The summed E-state index contributed by atoms with van der Waals surface area (Å²) in [5, 5.41) is 18.6. The number of carboxylic acid groups (broad SMARTS) is 1. The minimum atomic E-state index is -0.983. The van der Waals surface area contributed by atoms with Gasteiger partial charge in [-0.05, 0) is 43.4 Å². The van der Waals surface area contributed by atoms with Crippen LogP contribution >= 0.6 is 0 Å². The van der Waals surface area contributed by atoms with E-state index in [0.717, 1.165) is 16.7 Å². The lowest BCUT2D eigenvalue weighted by Crippen LogP contribution is -2.42. The van der Waals surface area contributed by atoms with Gasteiger partial charge in [-0.1, -0.05) is 54.6 Å². The van der Waals surface area contributed by atoms with Gasteiger partial charge in [0.15, 0.2) is 0 Å². The van der Waals surface area contributed by atoms with E-state index in [-0.39, 0.29) is 18.3 Å². The Labute approximate surface area is 169 Å². The fourth-order valence-corrected chi connectivity index (χ4v) is 3.19. The Bertz CT molecular complexity index is 951. The summed E-state index contributed by atoms with van der Waals surface area (Å²) in [6.45, 7) is 3.31. The molecule has 0 aliphatic heterocycles. The lowest BCUT2D eigenvalue weighted by molar-refractivity contribution is -0.147. The number of rotatable bonds is 8. The zero-order chi connectivity index (χ0) is 20.9. The summed E-state index contributed by atoms with van der Waals surface area (Å²) in [4.78, 5) is 27.9. The van der Waals surface area contributed by atoms with Gasteiger partial charge in [0.05, 0.1) is 5.41 Å². The first-order valence-corrected chi connectivity index (χ1v) is 9.39. The van der Waals surface area contributed by atoms with Crippen LogP contribution in [0.1, 0.15) is 36.5 Å². The molecule has 0 aliphatic carbocycles. The molecule has 2 aromatic carbocycles. The number of amides is 1. The van der Waals surface area contributed by atoms with Crippen LogP contribution in [0.5, 0.6) is 0 Å². The van der Waals surface area contributed by atoms with Crippen LogP contribution in [0.25, 0.3) is 11.1 Å². The lowest BCUT2D eigenvalue weighted by Gasteiger charge is -2.26. The van der Waals surface area contributed by atoms with Gasteiger partial charge in [0.2, 0.25) is 5.82 Å². The molecule has 3 N–H and O–H groups in total. The predicted molar refractivity (Wildman–Crippen MR) is 109 cm³/mol. The number of hydrogen-bond donors (Lipinski definition) is 3. The van der Waals surface area contributed by atoms with Crippen molar-refractivity contribution in [3.8, 4) is 11.1 Å². The third-order valence-electron chi connectivity index (χ3n) is 4.84. The van der Waals surface area contributed by atoms with Crippen molar-refractivity contribution < 1.29 is 14.7 Å². The molecule has 29 heavy (non-hydrogen) atoms. The molecule has 7 heteroatoms. The van der Waals surface area contributed by atoms with Gasteiger partial charge in [-0.25, -0.2) is 4.98 Å². The zero-order valence-electron chi connectivity index (χ0n) is 16.4. The van der Waals surface area contributed by atoms with Gasteiger partial charge in [-0.3, -0.25) is 14.7 Å². The second-order valence-corrected chi connectivity index (χ2v) is 7.66. The summed E-state index contributed by atoms with van der Waals surface area (Å²) >= 11 is 0. The first-order chi connectivity index (χ1) is 13.8. The molecular weight excluding hydrogens is 368 g/mol. The number of nitrogens with zero attached hydrogens (tertiary/aromatic N) is 2. The van der Waals surface area contributed by atoms with Crippen molar-refractivity contribution >= 4 is 11.9 Å². The molecule has 7 nitrogen and oxygen atoms in total. The van der Waals surface area contributed by atoms with Crippen molar-refractivity contribution in [1.29, 1.82) is 0 Å². The third-order valence-corrected chi connectivity index (χ3v) is 4.84. The molecule has 3 aromatic rings. The molecule has 0 radical (unpaired) electrons. The Hall–Kier alpha value is -3.48. The molecule has 0 unspecified atom stereocenters. The second-order valence-electron chi connectivity index (χ2n) is 7.66. The molecule has 0 saturated heterocycles. The number of carbonyl (C=O) groups is 2. The van der Waals surface area contributed by atoms with Crippen molar-refractivity contribution in [2.75, 3.05) is 0 Å². The molecule has 0 bridgehead atoms. The van der Waals surface area contributed by atoms with Crippen LogP contribution in [-0.2, 0) is 11.2 Å². The van der Waals surface area contributed by atoms with Crippen LogP contribution in [0.2, 0.25) is 0 Å². The number of aromatic nitrogens is 3. The van der Waals surface area contributed by atoms with Gasteiger partial charge in [-0.15, -0.1) is 0 Å². The molecule has 0 aliphatic rings. The van der Waals surface area contributed by atoms with Crippen LogP contribution < -0.4 is 5.32 Å². The zero-order valence-corrected chi connectivity index (χ0v) is 16.4. The second kappa shape index (κ2) is 8.68. The quantitative estimate of drug-likeness (QED) is 0.545. The minimum absolute atomic E-state index is 0.0996. The number of nitrogens with one attached hydrogen (secondary N) is 2. The largest absolute Gasteiger partial charge is 0.481 e. The van der Waals surface area contributed by atoms with Gasteiger partial charge in [-0.2, -0.15) is 5.10 Å². The van der Waals surface area contributed by atoms with E-state index in [4.69, 9.17) is 0 Å². The van der Waals surface area contributed by atoms with Gasteiger partial charge in [0.25, 0.3) is 5.91 Å². The van der Waals surface area contributed by atoms with E-state index in [0.29, 0.717) is 6.42 Å². The Morgan fingerprint density at radius 3 is 2.31 bits per heavy atom. The van der Waals surface area contributed by atoms with E-state index in [9.17, 15) is 14.7 Å². The van der Waals surface area contributed by atoms with Gasteiger partial charge < -0.3 is 10.4 Å². The number of aliphatic carboxylic acids is 1. The van der Waals surface area contributed by atoms with E-state index in [2.05, 4.69) is 20.5 Å². The topological polar surface area (TPSA) is 108 Å². The normalized spacial score (nSPS) is 12.3. The van der Waals surface area contributed by atoms with Crippen molar-refractivity contribution in [3.05, 3.63) is 72.3 Å². The Morgan fingerprint density at radius 1 is 1.07 bits per heavy atom. The molecule has 1 heterocycles. The maximum atomic E-state index is 12.4. The number of hydrogen-bond acceptors (Lipinski definition) is 4. The van der Waals surface area contributed by atoms with E-state index < -0.39 is 17.3 Å². The highest BCUT2D eigenvalue weighted by Gasteiger charge is 2.32. The summed E-state index contributed by atoms with van der Waals surface area (Å²) in [5.41, 5.74) is 2.25. The molecule has 150 valence electrons. The number of benzene rings is 2. The average Bonchev–Trinajstić information content (AvgIpc) is 3.24. The van der Waals surface area contributed by atoms with Crippen LogP contribution in [0.4, 0.5) is 0 Å².